The number of hydrogen-bond donors (Lipinski definition) is 0. The predicted octanol–water partition coefficient (Wildman–Crippen LogP) is 6.47. The minimum atomic E-state index is -0.169. The molecule has 200 valence electrons. The Labute approximate surface area is 223 Å². The maximum atomic E-state index is 13.9. The maximum Gasteiger partial charge on any atom is 0.197 e. The van der Waals surface area contributed by atoms with Gasteiger partial charge in [-0.05, 0) is 49.8 Å². The van der Waals surface area contributed by atoms with E-state index in [1.807, 2.05) is 36.4 Å². The second-order valence-corrected chi connectivity index (χ2v) is 8.79. The van der Waals surface area contributed by atoms with Crippen molar-refractivity contribution >= 4 is 16.8 Å². The predicted molar refractivity (Wildman–Crippen MR) is 149 cm³/mol. The number of hydrogen-bond acceptors (Lipinski definition) is 7. The molecule has 0 radical (unpaired) electrons. The third kappa shape index (κ3) is 5.63. The van der Waals surface area contributed by atoms with E-state index in [0.29, 0.717) is 57.3 Å². The standard InChI is InChI=1S/C31H35NO6/c1-6-32(7-2)17-10-18-37-22-15-13-21(14-16-22)30(33)28-24-11-8-9-12-25(24)38-31(28)29-26(35-4)19-23(34-3)20-27(29)36-5/h8-9,11-16,19-20H,6-7,10,17-18H2,1-5H3. The van der Waals surface area contributed by atoms with Gasteiger partial charge in [-0.25, -0.2) is 0 Å². The summed E-state index contributed by atoms with van der Waals surface area (Å²) in [7, 11) is 4.69. The average molecular weight is 518 g/mol. The number of ether oxygens (including phenoxy) is 4. The van der Waals surface area contributed by atoms with Crippen molar-refractivity contribution in [1.29, 1.82) is 0 Å². The lowest BCUT2D eigenvalue weighted by molar-refractivity contribution is 0.104. The highest BCUT2D eigenvalue weighted by Crippen LogP contribution is 2.46. The SMILES string of the molecule is CCN(CC)CCCOc1ccc(C(=O)c2c(-c3c(OC)cc(OC)cc3OC)oc3ccccc23)cc1. The molecule has 0 saturated heterocycles. The first-order valence-corrected chi connectivity index (χ1v) is 12.9. The fourth-order valence-electron chi connectivity index (χ4n) is 4.54. The van der Waals surface area contributed by atoms with E-state index >= 15 is 0 Å². The molecule has 0 atom stereocenters. The molecule has 4 rings (SSSR count). The van der Waals surface area contributed by atoms with Gasteiger partial charge < -0.3 is 28.3 Å². The van der Waals surface area contributed by atoms with E-state index in [9.17, 15) is 4.79 Å². The summed E-state index contributed by atoms with van der Waals surface area (Å²) in [6, 6.07) is 18.2. The molecule has 0 aliphatic rings. The van der Waals surface area contributed by atoms with Crippen molar-refractivity contribution in [3.63, 3.8) is 0 Å². The van der Waals surface area contributed by atoms with Crippen LogP contribution in [0.1, 0.15) is 36.2 Å². The Bertz CT molecular complexity index is 1350. The van der Waals surface area contributed by atoms with Crippen LogP contribution in [-0.4, -0.2) is 58.3 Å². The molecular weight excluding hydrogens is 482 g/mol. The molecule has 0 N–H and O–H groups in total. The van der Waals surface area contributed by atoms with Crippen LogP contribution in [0.2, 0.25) is 0 Å². The summed E-state index contributed by atoms with van der Waals surface area (Å²) >= 11 is 0. The van der Waals surface area contributed by atoms with Crippen LogP contribution in [0.5, 0.6) is 23.0 Å². The zero-order valence-corrected chi connectivity index (χ0v) is 22.7. The normalized spacial score (nSPS) is 11.1. The van der Waals surface area contributed by atoms with Crippen molar-refractivity contribution in [2.24, 2.45) is 0 Å². The van der Waals surface area contributed by atoms with E-state index in [2.05, 4.69) is 18.7 Å². The summed E-state index contributed by atoms with van der Waals surface area (Å²) in [5.74, 6) is 2.46. The average Bonchev–Trinajstić information content (AvgIpc) is 3.35. The lowest BCUT2D eigenvalue weighted by atomic mass is 9.96. The highest BCUT2D eigenvalue weighted by atomic mass is 16.5. The number of fused-ring (bicyclic) bond motifs is 1. The number of carbonyl (C=O) groups is 1. The van der Waals surface area contributed by atoms with Gasteiger partial charge in [0.1, 0.15) is 34.1 Å². The van der Waals surface area contributed by atoms with Crippen LogP contribution in [0.25, 0.3) is 22.3 Å². The number of ketones is 1. The highest BCUT2D eigenvalue weighted by molar-refractivity contribution is 6.20. The van der Waals surface area contributed by atoms with Gasteiger partial charge in [0.2, 0.25) is 0 Å². The van der Waals surface area contributed by atoms with Gasteiger partial charge in [0.25, 0.3) is 0 Å². The van der Waals surface area contributed by atoms with Gasteiger partial charge in [-0.1, -0.05) is 32.0 Å². The molecule has 1 heterocycles. The maximum absolute atomic E-state index is 13.9. The fourth-order valence-corrected chi connectivity index (χ4v) is 4.54. The number of nitrogens with zero attached hydrogens (tertiary/aromatic N) is 1. The van der Waals surface area contributed by atoms with Crippen LogP contribution in [-0.2, 0) is 0 Å². The first-order chi connectivity index (χ1) is 18.5. The Kier molecular flexibility index (Phi) is 8.92. The lowest BCUT2D eigenvalue weighted by Crippen LogP contribution is -2.25. The summed E-state index contributed by atoms with van der Waals surface area (Å²) in [6.07, 6.45) is 0.943. The summed E-state index contributed by atoms with van der Waals surface area (Å²) in [5, 5.41) is 0.712. The Balaban J connectivity index is 1.67. The van der Waals surface area contributed by atoms with Gasteiger partial charge in [-0.2, -0.15) is 0 Å². The van der Waals surface area contributed by atoms with Crippen LogP contribution >= 0.6 is 0 Å². The molecule has 3 aromatic carbocycles. The van der Waals surface area contributed by atoms with E-state index in [4.69, 9.17) is 23.4 Å². The van der Waals surface area contributed by atoms with Crippen molar-refractivity contribution in [3.05, 3.63) is 71.8 Å². The van der Waals surface area contributed by atoms with Crippen LogP contribution in [0.3, 0.4) is 0 Å². The van der Waals surface area contributed by atoms with E-state index < -0.39 is 0 Å². The van der Waals surface area contributed by atoms with Crippen molar-refractivity contribution in [3.8, 4) is 34.3 Å². The molecule has 0 spiro atoms. The molecule has 0 amide bonds. The number of benzene rings is 3. The van der Waals surface area contributed by atoms with E-state index in [-0.39, 0.29) is 5.78 Å². The topological polar surface area (TPSA) is 70.4 Å². The molecule has 38 heavy (non-hydrogen) atoms. The molecular formula is C31H35NO6. The molecule has 0 unspecified atom stereocenters. The summed E-state index contributed by atoms with van der Waals surface area (Å²) in [6.45, 7) is 8.01. The van der Waals surface area contributed by atoms with Crippen LogP contribution < -0.4 is 18.9 Å². The van der Waals surface area contributed by atoms with Crippen LogP contribution in [0.15, 0.2) is 65.1 Å². The smallest absolute Gasteiger partial charge is 0.197 e. The molecule has 1 aromatic heterocycles. The molecule has 7 heteroatoms. The third-order valence-corrected chi connectivity index (χ3v) is 6.66. The fraction of sp³-hybridized carbons (Fsp3) is 0.323. The third-order valence-electron chi connectivity index (χ3n) is 6.66. The quantitative estimate of drug-likeness (QED) is 0.149. The van der Waals surface area contributed by atoms with E-state index in [1.54, 1.807) is 45.6 Å². The number of furan rings is 1. The summed E-state index contributed by atoms with van der Waals surface area (Å²) in [5.41, 5.74) is 2.11. The zero-order valence-electron chi connectivity index (χ0n) is 22.7. The van der Waals surface area contributed by atoms with Gasteiger partial charge in [0.05, 0.1) is 33.5 Å². The highest BCUT2D eigenvalue weighted by Gasteiger charge is 2.28. The van der Waals surface area contributed by atoms with Gasteiger partial charge in [-0.3, -0.25) is 4.79 Å². The first-order valence-electron chi connectivity index (χ1n) is 12.9. The number of methoxy groups -OCH3 is 3. The minimum absolute atomic E-state index is 0.169. The minimum Gasteiger partial charge on any atom is -0.496 e. The second kappa shape index (κ2) is 12.5. The van der Waals surface area contributed by atoms with Gasteiger partial charge in [-0.15, -0.1) is 0 Å². The largest absolute Gasteiger partial charge is 0.496 e. The molecule has 0 aliphatic carbocycles. The number of carbonyl (C=O) groups excluding carboxylic acids is 1. The summed E-state index contributed by atoms with van der Waals surface area (Å²) < 4.78 is 28.9. The lowest BCUT2D eigenvalue weighted by Gasteiger charge is -2.17. The van der Waals surface area contributed by atoms with Crippen molar-refractivity contribution in [2.75, 3.05) is 47.6 Å². The van der Waals surface area contributed by atoms with E-state index in [0.717, 1.165) is 31.8 Å². The van der Waals surface area contributed by atoms with Crippen LogP contribution in [0.4, 0.5) is 0 Å². The summed E-state index contributed by atoms with van der Waals surface area (Å²) in [4.78, 5) is 16.3. The Morgan fingerprint density at radius 1 is 0.842 bits per heavy atom. The molecule has 7 nitrogen and oxygen atoms in total. The van der Waals surface area contributed by atoms with Crippen molar-refractivity contribution in [2.45, 2.75) is 20.3 Å². The van der Waals surface area contributed by atoms with Gasteiger partial charge in [0.15, 0.2) is 11.5 Å². The number of rotatable bonds is 13. The van der Waals surface area contributed by atoms with Crippen molar-refractivity contribution < 1.29 is 28.2 Å². The monoisotopic (exact) mass is 517 g/mol. The molecule has 4 aromatic rings. The second-order valence-electron chi connectivity index (χ2n) is 8.79. The zero-order chi connectivity index (χ0) is 27.1. The Hall–Kier alpha value is -3.97. The number of para-hydroxylation sites is 1. The van der Waals surface area contributed by atoms with Crippen molar-refractivity contribution in [1.82, 2.24) is 4.90 Å². The molecule has 0 bridgehead atoms. The molecule has 0 aliphatic heterocycles. The Morgan fingerprint density at radius 2 is 1.50 bits per heavy atom. The Morgan fingerprint density at radius 3 is 2.11 bits per heavy atom. The molecule has 0 fully saturated rings. The van der Waals surface area contributed by atoms with Gasteiger partial charge in [0, 0.05) is 29.6 Å². The van der Waals surface area contributed by atoms with E-state index in [1.165, 1.54) is 0 Å². The van der Waals surface area contributed by atoms with Gasteiger partial charge >= 0.3 is 0 Å². The van der Waals surface area contributed by atoms with Crippen LogP contribution in [0, 0.1) is 0 Å². The molecule has 0 saturated carbocycles. The first kappa shape index (κ1) is 27.1.